The molecule has 1 unspecified atom stereocenters. The highest BCUT2D eigenvalue weighted by molar-refractivity contribution is 5.67. The lowest BCUT2D eigenvalue weighted by atomic mass is 9.99. The normalized spacial score (nSPS) is 12.7. The largest absolute Gasteiger partial charge is 0.481 e. The van der Waals surface area contributed by atoms with Gasteiger partial charge in [-0.05, 0) is 16.8 Å². The molecule has 6 heteroatoms. The fourth-order valence-electron chi connectivity index (χ4n) is 1.46. The van der Waals surface area contributed by atoms with Crippen molar-refractivity contribution in [2.45, 2.75) is 32.1 Å². The van der Waals surface area contributed by atoms with Crippen LogP contribution in [0.1, 0.15) is 37.9 Å². The second-order valence-corrected chi connectivity index (χ2v) is 3.24. The third kappa shape index (κ3) is 2.51. The zero-order chi connectivity index (χ0) is 10.6. The summed E-state index contributed by atoms with van der Waals surface area (Å²) in [5.74, 6) is -0.252. The molecule has 0 bridgehead atoms. The standard InChI is InChI=1S/C8H14N4O2/c1-3-4-6(5-7(13)14)8-9-10-11-12(8)2/h6H,3-5H2,1-2H3,(H,13,14). The SMILES string of the molecule is CCCC(CC(=O)O)c1nnnn1C. The summed E-state index contributed by atoms with van der Waals surface area (Å²) >= 11 is 0. The Morgan fingerprint density at radius 3 is 2.79 bits per heavy atom. The quantitative estimate of drug-likeness (QED) is 0.748. The van der Waals surface area contributed by atoms with Gasteiger partial charge in [0.25, 0.3) is 0 Å². The predicted octanol–water partition coefficient (Wildman–Crippen LogP) is 0.568. The van der Waals surface area contributed by atoms with Crippen LogP contribution in [-0.2, 0) is 11.8 Å². The van der Waals surface area contributed by atoms with E-state index in [0.717, 1.165) is 12.8 Å². The number of carbonyl (C=O) groups is 1. The Bertz CT molecular complexity index is 310. The molecule has 0 aromatic carbocycles. The van der Waals surface area contributed by atoms with Crippen molar-refractivity contribution in [3.8, 4) is 0 Å². The van der Waals surface area contributed by atoms with Crippen molar-refractivity contribution in [3.63, 3.8) is 0 Å². The second-order valence-electron chi connectivity index (χ2n) is 3.24. The summed E-state index contributed by atoms with van der Waals surface area (Å²) in [5, 5.41) is 19.7. The van der Waals surface area contributed by atoms with Gasteiger partial charge in [0.2, 0.25) is 0 Å². The van der Waals surface area contributed by atoms with Gasteiger partial charge in [0.1, 0.15) is 0 Å². The molecule has 0 aliphatic heterocycles. The van der Waals surface area contributed by atoms with Crippen LogP contribution in [0.4, 0.5) is 0 Å². The first-order valence-corrected chi connectivity index (χ1v) is 4.59. The highest BCUT2D eigenvalue weighted by Crippen LogP contribution is 2.21. The predicted molar refractivity (Wildman–Crippen MR) is 48.7 cm³/mol. The molecule has 0 fully saturated rings. The maximum atomic E-state index is 10.6. The molecule has 14 heavy (non-hydrogen) atoms. The highest BCUT2D eigenvalue weighted by Gasteiger charge is 2.19. The molecule has 6 nitrogen and oxygen atoms in total. The molecular weight excluding hydrogens is 184 g/mol. The Balaban J connectivity index is 2.77. The van der Waals surface area contributed by atoms with Crippen LogP contribution in [0, 0.1) is 0 Å². The van der Waals surface area contributed by atoms with Gasteiger partial charge in [0.15, 0.2) is 5.82 Å². The molecule has 1 atom stereocenters. The second kappa shape index (κ2) is 4.69. The zero-order valence-electron chi connectivity index (χ0n) is 8.34. The molecule has 0 aliphatic carbocycles. The summed E-state index contributed by atoms with van der Waals surface area (Å²) < 4.78 is 1.53. The van der Waals surface area contributed by atoms with Gasteiger partial charge in [-0.2, -0.15) is 0 Å². The molecule has 0 saturated carbocycles. The smallest absolute Gasteiger partial charge is 0.304 e. The van der Waals surface area contributed by atoms with Gasteiger partial charge >= 0.3 is 5.97 Å². The van der Waals surface area contributed by atoms with Gasteiger partial charge in [0.05, 0.1) is 6.42 Å². The van der Waals surface area contributed by atoms with E-state index in [9.17, 15) is 4.79 Å². The summed E-state index contributed by atoms with van der Waals surface area (Å²) in [5.41, 5.74) is 0. The number of tetrazole rings is 1. The van der Waals surface area contributed by atoms with Crippen LogP contribution in [-0.4, -0.2) is 31.3 Å². The number of carboxylic acids is 1. The van der Waals surface area contributed by atoms with Crippen LogP contribution in [0.2, 0.25) is 0 Å². The van der Waals surface area contributed by atoms with Gasteiger partial charge in [-0.1, -0.05) is 13.3 Å². The molecule has 1 aromatic heterocycles. The number of hydrogen-bond donors (Lipinski definition) is 1. The van der Waals surface area contributed by atoms with Crippen LogP contribution in [0.3, 0.4) is 0 Å². The number of aliphatic carboxylic acids is 1. The van der Waals surface area contributed by atoms with Crippen LogP contribution < -0.4 is 0 Å². The molecule has 1 N–H and O–H groups in total. The summed E-state index contributed by atoms with van der Waals surface area (Å²) in [6.07, 6.45) is 1.80. The van der Waals surface area contributed by atoms with Gasteiger partial charge in [-0.3, -0.25) is 4.79 Å². The van der Waals surface area contributed by atoms with Crippen LogP contribution in [0.15, 0.2) is 0 Å². The molecule has 0 radical (unpaired) electrons. The monoisotopic (exact) mass is 198 g/mol. The summed E-state index contributed by atoms with van der Waals surface area (Å²) in [7, 11) is 1.72. The Labute approximate surface area is 81.9 Å². The van der Waals surface area contributed by atoms with Crippen molar-refractivity contribution in [2.75, 3.05) is 0 Å². The Morgan fingerprint density at radius 2 is 2.36 bits per heavy atom. The van der Waals surface area contributed by atoms with Gasteiger partial charge in [-0.25, -0.2) is 4.68 Å². The molecule has 0 aliphatic rings. The third-order valence-electron chi connectivity index (χ3n) is 2.08. The van der Waals surface area contributed by atoms with Crippen molar-refractivity contribution in [3.05, 3.63) is 5.82 Å². The van der Waals surface area contributed by atoms with Gasteiger partial charge in [-0.15, -0.1) is 5.10 Å². The number of hydrogen-bond acceptors (Lipinski definition) is 4. The van der Waals surface area contributed by atoms with E-state index in [-0.39, 0.29) is 12.3 Å². The minimum atomic E-state index is -0.813. The molecule has 78 valence electrons. The number of aryl methyl sites for hydroxylation is 1. The first kappa shape index (κ1) is 10.6. The number of rotatable bonds is 5. The molecule has 0 spiro atoms. The fraction of sp³-hybridized carbons (Fsp3) is 0.750. The number of nitrogens with zero attached hydrogens (tertiary/aromatic N) is 4. The number of aromatic nitrogens is 4. The van der Waals surface area contributed by atoms with Crippen molar-refractivity contribution < 1.29 is 9.90 Å². The summed E-state index contributed by atoms with van der Waals surface area (Å²) in [6.45, 7) is 2.01. The van der Waals surface area contributed by atoms with E-state index in [1.54, 1.807) is 7.05 Å². The minimum Gasteiger partial charge on any atom is -0.481 e. The van der Waals surface area contributed by atoms with Crippen molar-refractivity contribution in [2.24, 2.45) is 7.05 Å². The first-order valence-electron chi connectivity index (χ1n) is 4.59. The van der Waals surface area contributed by atoms with Crippen LogP contribution in [0.5, 0.6) is 0 Å². The molecular formula is C8H14N4O2. The van der Waals surface area contributed by atoms with E-state index < -0.39 is 5.97 Å². The lowest BCUT2D eigenvalue weighted by Gasteiger charge is -2.10. The van der Waals surface area contributed by atoms with E-state index >= 15 is 0 Å². The molecule has 0 amide bonds. The lowest BCUT2D eigenvalue weighted by molar-refractivity contribution is -0.137. The van der Waals surface area contributed by atoms with Crippen LogP contribution in [0.25, 0.3) is 0 Å². The molecule has 1 rings (SSSR count). The average molecular weight is 198 g/mol. The van der Waals surface area contributed by atoms with E-state index in [1.807, 2.05) is 6.92 Å². The van der Waals surface area contributed by atoms with Crippen molar-refractivity contribution in [1.29, 1.82) is 0 Å². The maximum absolute atomic E-state index is 10.6. The first-order chi connectivity index (χ1) is 6.65. The molecule has 1 aromatic rings. The Morgan fingerprint density at radius 1 is 1.64 bits per heavy atom. The third-order valence-corrected chi connectivity index (χ3v) is 2.08. The minimum absolute atomic E-state index is 0.0854. The van der Waals surface area contributed by atoms with Gasteiger partial charge < -0.3 is 5.11 Å². The van der Waals surface area contributed by atoms with E-state index in [4.69, 9.17) is 5.11 Å². The Kier molecular flexibility index (Phi) is 3.55. The fourth-order valence-corrected chi connectivity index (χ4v) is 1.46. The van der Waals surface area contributed by atoms with Gasteiger partial charge in [0, 0.05) is 13.0 Å². The van der Waals surface area contributed by atoms with E-state index in [1.165, 1.54) is 4.68 Å². The van der Waals surface area contributed by atoms with Crippen molar-refractivity contribution in [1.82, 2.24) is 20.2 Å². The summed E-state index contributed by atoms with van der Waals surface area (Å²) in [6, 6.07) is 0. The highest BCUT2D eigenvalue weighted by atomic mass is 16.4. The Hall–Kier alpha value is -1.46. The topological polar surface area (TPSA) is 80.9 Å². The molecule has 1 heterocycles. The number of carboxylic acid groups (broad SMARTS) is 1. The zero-order valence-corrected chi connectivity index (χ0v) is 8.34. The van der Waals surface area contributed by atoms with Crippen LogP contribution >= 0.6 is 0 Å². The lowest BCUT2D eigenvalue weighted by Crippen LogP contribution is -2.11. The van der Waals surface area contributed by atoms with Crippen molar-refractivity contribution >= 4 is 5.97 Å². The average Bonchev–Trinajstić information content (AvgIpc) is 2.50. The maximum Gasteiger partial charge on any atom is 0.304 e. The van der Waals surface area contributed by atoms with E-state index in [2.05, 4.69) is 15.5 Å². The summed E-state index contributed by atoms with van der Waals surface area (Å²) in [4.78, 5) is 10.6. The molecule has 0 saturated heterocycles. The van der Waals surface area contributed by atoms with E-state index in [0.29, 0.717) is 5.82 Å².